The quantitative estimate of drug-likeness (QED) is 0.863. The van der Waals surface area contributed by atoms with Crippen LogP contribution in [0.1, 0.15) is 32.2 Å². The first kappa shape index (κ1) is 15.2. The summed E-state index contributed by atoms with van der Waals surface area (Å²) in [6.45, 7) is 5.80. The molecule has 19 heavy (non-hydrogen) atoms. The minimum Gasteiger partial charge on any atom is -0.310 e. The molecule has 1 heterocycles. The van der Waals surface area contributed by atoms with Crippen LogP contribution < -0.4 is 5.56 Å². The van der Waals surface area contributed by atoms with Crippen LogP contribution in [0.4, 0.5) is 13.2 Å². The lowest BCUT2D eigenvalue weighted by Gasteiger charge is -2.07. The molecule has 2 rings (SSSR count). The van der Waals surface area contributed by atoms with Gasteiger partial charge in [-0.05, 0) is 18.2 Å². The van der Waals surface area contributed by atoms with Crippen LogP contribution in [0.25, 0.3) is 10.9 Å². The summed E-state index contributed by atoms with van der Waals surface area (Å²) in [5.41, 5.74) is -1.11. The zero-order chi connectivity index (χ0) is 14.6. The summed E-state index contributed by atoms with van der Waals surface area (Å²) in [5, 5.41) is -0.0444. The van der Waals surface area contributed by atoms with Crippen LogP contribution in [-0.2, 0) is 12.6 Å². The van der Waals surface area contributed by atoms with Gasteiger partial charge in [-0.15, -0.1) is 0 Å². The fraction of sp³-hybridized carbons (Fsp3) is 0.385. The normalized spacial score (nSPS) is 11.1. The maximum absolute atomic E-state index is 12.5. The predicted octanol–water partition coefficient (Wildman–Crippen LogP) is 3.53. The number of aromatic amines is 1. The van der Waals surface area contributed by atoms with E-state index in [1.54, 1.807) is 6.92 Å². The smallest absolute Gasteiger partial charge is 0.310 e. The molecule has 0 unspecified atom stereocenters. The molecule has 3 nitrogen and oxygen atoms in total. The topological polar surface area (TPSA) is 45.8 Å². The number of alkyl halides is 3. The number of rotatable bonds is 1. The van der Waals surface area contributed by atoms with Crippen LogP contribution in [-0.4, -0.2) is 9.97 Å². The molecule has 0 amide bonds. The minimum absolute atomic E-state index is 0.0444. The first-order valence-electron chi connectivity index (χ1n) is 6.02. The second kappa shape index (κ2) is 5.86. The molecule has 2 aromatic rings. The van der Waals surface area contributed by atoms with Crippen molar-refractivity contribution in [1.82, 2.24) is 9.97 Å². The number of benzene rings is 1. The van der Waals surface area contributed by atoms with Gasteiger partial charge < -0.3 is 4.98 Å². The standard InChI is InChI=1S/C11H9F3N2O.C2H6/c1-2-9-15-8-4-3-6(11(12,13)14)5-7(8)10(17)16-9;1-2/h3-5H,2H2,1H3,(H,15,16,17);1-2H3. The van der Waals surface area contributed by atoms with Gasteiger partial charge in [0.25, 0.3) is 5.56 Å². The zero-order valence-corrected chi connectivity index (χ0v) is 10.9. The van der Waals surface area contributed by atoms with Gasteiger partial charge in [-0.2, -0.15) is 13.2 Å². The molecule has 0 fully saturated rings. The van der Waals surface area contributed by atoms with E-state index in [9.17, 15) is 18.0 Å². The molecule has 0 aliphatic carbocycles. The third kappa shape index (κ3) is 3.33. The third-order valence-corrected chi connectivity index (χ3v) is 2.42. The highest BCUT2D eigenvalue weighted by Crippen LogP contribution is 2.30. The first-order chi connectivity index (χ1) is 8.91. The monoisotopic (exact) mass is 272 g/mol. The van der Waals surface area contributed by atoms with Gasteiger partial charge in [0.05, 0.1) is 16.5 Å². The SMILES string of the molecule is CC.CCc1nc2ccc(C(F)(F)F)cc2c(=O)[nH]1. The average molecular weight is 272 g/mol. The number of aryl methyl sites for hydroxylation is 1. The Hall–Kier alpha value is -1.85. The number of aromatic nitrogens is 2. The Morgan fingerprint density at radius 2 is 1.89 bits per heavy atom. The lowest BCUT2D eigenvalue weighted by Crippen LogP contribution is -2.13. The van der Waals surface area contributed by atoms with Gasteiger partial charge in [0.1, 0.15) is 5.82 Å². The summed E-state index contributed by atoms with van der Waals surface area (Å²) in [6.07, 6.45) is -3.93. The number of hydrogen-bond donors (Lipinski definition) is 1. The van der Waals surface area contributed by atoms with E-state index in [0.29, 0.717) is 12.2 Å². The van der Waals surface area contributed by atoms with Crippen LogP contribution in [0, 0.1) is 0 Å². The van der Waals surface area contributed by atoms with E-state index in [0.717, 1.165) is 12.1 Å². The van der Waals surface area contributed by atoms with Crippen LogP contribution in [0.5, 0.6) is 0 Å². The van der Waals surface area contributed by atoms with Gasteiger partial charge in [-0.25, -0.2) is 4.98 Å². The molecule has 1 aromatic carbocycles. The number of halogens is 3. The Labute approximate surface area is 108 Å². The molecule has 1 N–H and O–H groups in total. The fourth-order valence-corrected chi connectivity index (χ4v) is 1.53. The Morgan fingerprint density at radius 1 is 1.26 bits per heavy atom. The van der Waals surface area contributed by atoms with E-state index >= 15 is 0 Å². The molecule has 0 bridgehead atoms. The van der Waals surface area contributed by atoms with Crippen LogP contribution in [0.2, 0.25) is 0 Å². The molecular formula is C13H15F3N2O. The van der Waals surface area contributed by atoms with Gasteiger partial charge >= 0.3 is 6.18 Å². The van der Waals surface area contributed by atoms with Crippen LogP contribution >= 0.6 is 0 Å². The number of hydrogen-bond acceptors (Lipinski definition) is 2. The number of nitrogens with zero attached hydrogens (tertiary/aromatic N) is 1. The van der Waals surface area contributed by atoms with E-state index in [1.165, 1.54) is 6.07 Å². The van der Waals surface area contributed by atoms with Crippen molar-refractivity contribution in [3.63, 3.8) is 0 Å². The maximum atomic E-state index is 12.5. The lowest BCUT2D eigenvalue weighted by atomic mass is 10.1. The highest BCUT2D eigenvalue weighted by molar-refractivity contribution is 5.78. The molecule has 0 aliphatic heterocycles. The van der Waals surface area contributed by atoms with Crippen molar-refractivity contribution in [2.45, 2.75) is 33.4 Å². The number of H-pyrrole nitrogens is 1. The molecule has 0 saturated carbocycles. The van der Waals surface area contributed by atoms with Gasteiger partial charge in [0.2, 0.25) is 0 Å². The Kier molecular flexibility index (Phi) is 4.69. The van der Waals surface area contributed by atoms with Gasteiger partial charge in [0, 0.05) is 6.42 Å². The molecule has 0 saturated heterocycles. The Bertz CT molecular complexity index is 617. The van der Waals surface area contributed by atoms with Crippen molar-refractivity contribution in [3.8, 4) is 0 Å². The van der Waals surface area contributed by atoms with Crippen LogP contribution in [0.3, 0.4) is 0 Å². The number of nitrogens with one attached hydrogen (secondary N) is 1. The van der Waals surface area contributed by atoms with Gasteiger partial charge in [-0.3, -0.25) is 4.79 Å². The van der Waals surface area contributed by atoms with Crippen LogP contribution in [0.15, 0.2) is 23.0 Å². The lowest BCUT2D eigenvalue weighted by molar-refractivity contribution is -0.137. The summed E-state index contributed by atoms with van der Waals surface area (Å²) in [5.74, 6) is 0.460. The van der Waals surface area contributed by atoms with Crippen molar-refractivity contribution < 1.29 is 13.2 Å². The van der Waals surface area contributed by atoms with Crippen molar-refractivity contribution in [2.75, 3.05) is 0 Å². The molecule has 6 heteroatoms. The summed E-state index contributed by atoms with van der Waals surface area (Å²) >= 11 is 0. The largest absolute Gasteiger partial charge is 0.416 e. The van der Waals surface area contributed by atoms with Gasteiger partial charge in [-0.1, -0.05) is 20.8 Å². The Balaban J connectivity index is 0.000000861. The zero-order valence-electron chi connectivity index (χ0n) is 10.9. The van der Waals surface area contributed by atoms with Crippen molar-refractivity contribution in [1.29, 1.82) is 0 Å². The Morgan fingerprint density at radius 3 is 2.42 bits per heavy atom. The molecule has 0 spiro atoms. The van der Waals surface area contributed by atoms with E-state index in [4.69, 9.17) is 0 Å². The molecule has 0 aliphatic rings. The van der Waals surface area contributed by atoms with Gasteiger partial charge in [0.15, 0.2) is 0 Å². The molecule has 1 aromatic heterocycles. The summed E-state index contributed by atoms with van der Waals surface area (Å²) in [4.78, 5) is 18.1. The van der Waals surface area contributed by atoms with Crippen molar-refractivity contribution >= 4 is 10.9 Å². The first-order valence-corrected chi connectivity index (χ1v) is 6.02. The average Bonchev–Trinajstić information content (AvgIpc) is 2.39. The minimum atomic E-state index is -4.45. The van der Waals surface area contributed by atoms with E-state index in [-0.39, 0.29) is 10.9 Å². The second-order valence-electron chi connectivity index (χ2n) is 3.60. The third-order valence-electron chi connectivity index (χ3n) is 2.42. The second-order valence-corrected chi connectivity index (χ2v) is 3.60. The number of fused-ring (bicyclic) bond motifs is 1. The van der Waals surface area contributed by atoms with Crippen molar-refractivity contribution in [3.05, 3.63) is 39.9 Å². The fourth-order valence-electron chi connectivity index (χ4n) is 1.53. The molecular weight excluding hydrogens is 257 g/mol. The maximum Gasteiger partial charge on any atom is 0.416 e. The highest BCUT2D eigenvalue weighted by atomic mass is 19.4. The van der Waals surface area contributed by atoms with Crippen molar-refractivity contribution in [2.24, 2.45) is 0 Å². The predicted molar refractivity (Wildman–Crippen MR) is 68.1 cm³/mol. The van der Waals surface area contributed by atoms with E-state index < -0.39 is 17.3 Å². The summed E-state index contributed by atoms with van der Waals surface area (Å²) in [7, 11) is 0. The molecule has 104 valence electrons. The highest BCUT2D eigenvalue weighted by Gasteiger charge is 2.30. The molecule has 0 radical (unpaired) electrons. The van der Waals surface area contributed by atoms with E-state index in [2.05, 4.69) is 9.97 Å². The molecule has 0 atom stereocenters. The summed E-state index contributed by atoms with van der Waals surface area (Å²) in [6, 6.07) is 2.96. The summed E-state index contributed by atoms with van der Waals surface area (Å²) < 4.78 is 37.4. The van der Waals surface area contributed by atoms with E-state index in [1.807, 2.05) is 13.8 Å².